The number of carbonyl (C=O) groups is 2. The van der Waals surface area contributed by atoms with Crippen LogP contribution < -0.4 is 11.1 Å². The summed E-state index contributed by atoms with van der Waals surface area (Å²) < 4.78 is 0. The number of carbonyl (C=O) groups excluding carboxylic acids is 2. The fraction of sp³-hybridized carbons (Fsp3) is 0.500. The molecule has 22 heavy (non-hydrogen) atoms. The van der Waals surface area contributed by atoms with Gasteiger partial charge in [-0.15, -0.1) is 12.4 Å². The van der Waals surface area contributed by atoms with Crippen molar-refractivity contribution in [2.45, 2.75) is 38.8 Å². The van der Waals surface area contributed by atoms with Crippen molar-refractivity contribution in [3.05, 3.63) is 35.4 Å². The molecule has 1 heterocycles. The van der Waals surface area contributed by atoms with E-state index in [4.69, 9.17) is 5.73 Å². The number of halogens is 1. The van der Waals surface area contributed by atoms with Crippen LogP contribution in [0.5, 0.6) is 0 Å². The molecule has 1 atom stereocenters. The van der Waals surface area contributed by atoms with E-state index in [9.17, 15) is 9.59 Å². The van der Waals surface area contributed by atoms with Crippen molar-refractivity contribution < 1.29 is 9.59 Å². The highest BCUT2D eigenvalue weighted by Crippen LogP contribution is 2.13. The van der Waals surface area contributed by atoms with E-state index in [1.807, 2.05) is 31.2 Å². The molecule has 0 saturated carbocycles. The predicted molar refractivity (Wildman–Crippen MR) is 89.1 cm³/mol. The normalized spacial score (nSPS) is 16.6. The maximum atomic E-state index is 12.2. The lowest BCUT2D eigenvalue weighted by Gasteiger charge is -2.33. The van der Waals surface area contributed by atoms with Gasteiger partial charge in [0.05, 0.1) is 6.04 Å². The van der Waals surface area contributed by atoms with Crippen LogP contribution in [0, 0.1) is 6.92 Å². The van der Waals surface area contributed by atoms with Crippen LogP contribution in [0.25, 0.3) is 0 Å². The number of nitrogens with zero attached hydrogens (tertiary/aromatic N) is 1. The van der Waals surface area contributed by atoms with E-state index in [1.54, 1.807) is 11.8 Å². The molecule has 0 spiro atoms. The Morgan fingerprint density at radius 2 is 1.86 bits per heavy atom. The second-order valence-electron chi connectivity index (χ2n) is 5.68. The van der Waals surface area contributed by atoms with Gasteiger partial charge in [-0.05, 0) is 38.3 Å². The summed E-state index contributed by atoms with van der Waals surface area (Å²) in [6.45, 7) is 4.94. The van der Waals surface area contributed by atoms with E-state index in [-0.39, 0.29) is 30.3 Å². The summed E-state index contributed by atoms with van der Waals surface area (Å²) in [6.07, 6.45) is 1.55. The van der Waals surface area contributed by atoms with Gasteiger partial charge in [0.25, 0.3) is 5.91 Å². The van der Waals surface area contributed by atoms with Crippen molar-refractivity contribution >= 4 is 24.2 Å². The van der Waals surface area contributed by atoms with Crippen LogP contribution >= 0.6 is 12.4 Å². The zero-order chi connectivity index (χ0) is 15.4. The number of likely N-dealkylation sites (tertiary alicyclic amines) is 1. The van der Waals surface area contributed by atoms with Crippen LogP contribution in [0.2, 0.25) is 0 Å². The molecule has 0 aliphatic carbocycles. The average molecular weight is 326 g/mol. The Bertz CT molecular complexity index is 526. The SMILES string of the molecule is Cc1ccccc1C(=O)NC1CCN(C(=O)[C@@H](C)N)CC1.Cl. The average Bonchev–Trinajstić information content (AvgIpc) is 2.47. The Labute approximate surface area is 137 Å². The molecular formula is C16H24ClN3O2. The molecule has 122 valence electrons. The molecule has 5 nitrogen and oxygen atoms in total. The molecule has 0 radical (unpaired) electrons. The number of benzene rings is 1. The summed E-state index contributed by atoms with van der Waals surface area (Å²) in [6, 6.07) is 7.21. The third kappa shape index (κ3) is 4.45. The number of rotatable bonds is 3. The number of piperidine rings is 1. The Kier molecular flexibility index (Phi) is 6.84. The maximum Gasteiger partial charge on any atom is 0.251 e. The van der Waals surface area contributed by atoms with E-state index in [1.165, 1.54) is 0 Å². The van der Waals surface area contributed by atoms with Crippen LogP contribution in [0.1, 0.15) is 35.7 Å². The summed E-state index contributed by atoms with van der Waals surface area (Å²) >= 11 is 0. The van der Waals surface area contributed by atoms with E-state index >= 15 is 0 Å². The van der Waals surface area contributed by atoms with Crippen molar-refractivity contribution in [2.24, 2.45) is 5.73 Å². The molecule has 0 bridgehead atoms. The van der Waals surface area contributed by atoms with Gasteiger partial charge in [0, 0.05) is 24.7 Å². The summed E-state index contributed by atoms with van der Waals surface area (Å²) in [5, 5.41) is 3.06. The highest BCUT2D eigenvalue weighted by Gasteiger charge is 2.25. The summed E-state index contributed by atoms with van der Waals surface area (Å²) in [7, 11) is 0. The van der Waals surface area contributed by atoms with Crippen LogP contribution in [0.3, 0.4) is 0 Å². The Hall–Kier alpha value is -1.59. The summed E-state index contributed by atoms with van der Waals surface area (Å²) in [4.78, 5) is 25.8. The zero-order valence-corrected chi connectivity index (χ0v) is 13.9. The lowest BCUT2D eigenvalue weighted by atomic mass is 10.0. The first kappa shape index (κ1) is 18.5. The number of hydrogen-bond donors (Lipinski definition) is 2. The largest absolute Gasteiger partial charge is 0.349 e. The third-order valence-corrected chi connectivity index (χ3v) is 3.92. The Morgan fingerprint density at radius 3 is 2.41 bits per heavy atom. The minimum atomic E-state index is -0.455. The Morgan fingerprint density at radius 1 is 1.27 bits per heavy atom. The number of hydrogen-bond acceptors (Lipinski definition) is 3. The quantitative estimate of drug-likeness (QED) is 0.884. The number of aryl methyl sites for hydroxylation is 1. The monoisotopic (exact) mass is 325 g/mol. The summed E-state index contributed by atoms with van der Waals surface area (Å²) in [5.74, 6) is -0.0521. The first-order valence-electron chi connectivity index (χ1n) is 7.40. The minimum Gasteiger partial charge on any atom is -0.349 e. The van der Waals surface area contributed by atoms with Gasteiger partial charge in [-0.2, -0.15) is 0 Å². The van der Waals surface area contributed by atoms with Gasteiger partial charge in [0.15, 0.2) is 0 Å². The molecule has 1 aliphatic heterocycles. The van der Waals surface area contributed by atoms with Crippen LogP contribution in [-0.2, 0) is 4.79 Å². The van der Waals surface area contributed by atoms with Gasteiger partial charge in [0.1, 0.15) is 0 Å². The number of nitrogens with two attached hydrogens (primary N) is 1. The second-order valence-corrected chi connectivity index (χ2v) is 5.68. The van der Waals surface area contributed by atoms with E-state index in [0.29, 0.717) is 18.7 Å². The molecule has 6 heteroatoms. The lowest BCUT2D eigenvalue weighted by molar-refractivity contribution is -0.133. The molecule has 0 unspecified atom stereocenters. The standard InChI is InChI=1S/C16H23N3O2.ClH/c1-11-5-3-4-6-14(11)15(20)18-13-7-9-19(10-8-13)16(21)12(2)17;/h3-6,12-13H,7-10,17H2,1-2H3,(H,18,20);1H/t12-;/m1./s1. The van der Waals surface area contributed by atoms with Gasteiger partial charge in [-0.25, -0.2) is 0 Å². The molecule has 1 fully saturated rings. The molecule has 2 rings (SSSR count). The van der Waals surface area contributed by atoms with Crippen LogP contribution in [-0.4, -0.2) is 41.9 Å². The highest BCUT2D eigenvalue weighted by molar-refractivity contribution is 5.95. The first-order valence-corrected chi connectivity index (χ1v) is 7.40. The van der Waals surface area contributed by atoms with E-state index in [0.717, 1.165) is 18.4 Å². The highest BCUT2D eigenvalue weighted by atomic mass is 35.5. The van der Waals surface area contributed by atoms with Crippen LogP contribution in [0.4, 0.5) is 0 Å². The second kappa shape index (κ2) is 8.15. The smallest absolute Gasteiger partial charge is 0.251 e. The molecule has 2 amide bonds. The fourth-order valence-corrected chi connectivity index (χ4v) is 2.62. The Balaban J connectivity index is 0.00000242. The van der Waals surface area contributed by atoms with Crippen molar-refractivity contribution in [1.82, 2.24) is 10.2 Å². The molecular weight excluding hydrogens is 302 g/mol. The number of nitrogens with one attached hydrogen (secondary N) is 1. The van der Waals surface area contributed by atoms with Gasteiger partial charge in [-0.3, -0.25) is 9.59 Å². The summed E-state index contributed by atoms with van der Waals surface area (Å²) in [5.41, 5.74) is 7.30. The topological polar surface area (TPSA) is 75.4 Å². The molecule has 1 aromatic rings. The molecule has 0 aromatic heterocycles. The third-order valence-electron chi connectivity index (χ3n) is 3.92. The minimum absolute atomic E-state index is 0. The maximum absolute atomic E-state index is 12.2. The van der Waals surface area contributed by atoms with Crippen molar-refractivity contribution in [3.8, 4) is 0 Å². The van der Waals surface area contributed by atoms with Gasteiger partial charge < -0.3 is 16.0 Å². The molecule has 1 aromatic carbocycles. The number of amides is 2. The zero-order valence-electron chi connectivity index (χ0n) is 13.0. The fourth-order valence-electron chi connectivity index (χ4n) is 2.62. The predicted octanol–water partition coefficient (Wildman–Crippen LogP) is 1.48. The lowest BCUT2D eigenvalue weighted by Crippen LogP contribution is -2.50. The van der Waals surface area contributed by atoms with Crippen molar-refractivity contribution in [1.29, 1.82) is 0 Å². The van der Waals surface area contributed by atoms with E-state index in [2.05, 4.69) is 5.32 Å². The van der Waals surface area contributed by atoms with Crippen LogP contribution in [0.15, 0.2) is 24.3 Å². The van der Waals surface area contributed by atoms with Gasteiger partial charge in [-0.1, -0.05) is 18.2 Å². The molecule has 1 aliphatic rings. The molecule has 1 saturated heterocycles. The van der Waals surface area contributed by atoms with Crippen molar-refractivity contribution in [3.63, 3.8) is 0 Å². The molecule has 3 N–H and O–H groups in total. The first-order chi connectivity index (χ1) is 9.99. The van der Waals surface area contributed by atoms with Crippen molar-refractivity contribution in [2.75, 3.05) is 13.1 Å². The van der Waals surface area contributed by atoms with Gasteiger partial charge in [0.2, 0.25) is 5.91 Å². The van der Waals surface area contributed by atoms with Gasteiger partial charge >= 0.3 is 0 Å². The van der Waals surface area contributed by atoms with E-state index < -0.39 is 6.04 Å².